The monoisotopic (exact) mass is 472 g/mol. The van der Waals surface area contributed by atoms with Crippen molar-refractivity contribution in [3.05, 3.63) is 69.0 Å². The van der Waals surface area contributed by atoms with Gasteiger partial charge in [0.1, 0.15) is 0 Å². The topological polar surface area (TPSA) is 60.3 Å². The summed E-state index contributed by atoms with van der Waals surface area (Å²) in [5, 5.41) is 3.06. The van der Waals surface area contributed by atoms with Gasteiger partial charge in [-0.2, -0.15) is 13.2 Å². The summed E-state index contributed by atoms with van der Waals surface area (Å²) < 4.78 is 47.5. The number of fused-ring (bicyclic) bond motifs is 4. The van der Waals surface area contributed by atoms with Crippen molar-refractivity contribution >= 4 is 16.7 Å². The number of benzene rings is 2. The minimum Gasteiger partial charge on any atom is -0.374 e. The number of carbonyl (C=O) groups is 1. The van der Waals surface area contributed by atoms with Crippen molar-refractivity contribution in [2.24, 2.45) is 0 Å². The molecule has 1 aromatic heterocycles. The lowest BCUT2D eigenvalue weighted by molar-refractivity contribution is -0.137. The summed E-state index contributed by atoms with van der Waals surface area (Å²) in [6, 6.07) is 9.29. The molecule has 0 radical (unpaired) electrons. The maximum Gasteiger partial charge on any atom is 0.416 e. The predicted octanol–water partition coefficient (Wildman–Crippen LogP) is 4.85. The van der Waals surface area contributed by atoms with Crippen LogP contribution in [0, 0.1) is 0 Å². The van der Waals surface area contributed by atoms with Crippen molar-refractivity contribution in [2.45, 2.75) is 58.5 Å². The highest BCUT2D eigenvalue weighted by molar-refractivity contribution is 5.92. The number of hydrogen-bond donors (Lipinski definition) is 1. The predicted molar refractivity (Wildman–Crippen MR) is 125 cm³/mol. The molecule has 0 saturated carbocycles. The van der Waals surface area contributed by atoms with Crippen molar-refractivity contribution < 1.29 is 22.7 Å². The Morgan fingerprint density at radius 2 is 1.91 bits per heavy atom. The van der Waals surface area contributed by atoms with Crippen LogP contribution >= 0.6 is 0 Å². The molecule has 2 aromatic carbocycles. The zero-order chi connectivity index (χ0) is 24.6. The van der Waals surface area contributed by atoms with E-state index in [0.717, 1.165) is 28.8 Å². The molecule has 8 heteroatoms. The van der Waals surface area contributed by atoms with Gasteiger partial charge in [0.25, 0.3) is 5.56 Å². The SMILES string of the molecule is CNC(=O)CCc1c2n(c(=O)c3cc(C(F)(F)F)ccc13)CCc1ccc(COC(C)C)cc1-2. The molecule has 4 rings (SSSR count). The Morgan fingerprint density at radius 1 is 1.15 bits per heavy atom. The number of amides is 1. The Morgan fingerprint density at radius 3 is 2.59 bits per heavy atom. The normalized spacial score (nSPS) is 13.1. The van der Waals surface area contributed by atoms with E-state index >= 15 is 0 Å². The van der Waals surface area contributed by atoms with Gasteiger partial charge in [-0.3, -0.25) is 9.59 Å². The molecule has 34 heavy (non-hydrogen) atoms. The van der Waals surface area contributed by atoms with Crippen LogP contribution < -0.4 is 10.9 Å². The van der Waals surface area contributed by atoms with Crippen LogP contribution in [0.1, 0.15) is 42.5 Å². The highest BCUT2D eigenvalue weighted by Gasteiger charge is 2.32. The molecule has 2 heterocycles. The number of halogens is 3. The lowest BCUT2D eigenvalue weighted by Gasteiger charge is -2.27. The number of nitrogens with zero attached hydrogens (tertiary/aromatic N) is 1. The molecule has 180 valence electrons. The number of alkyl halides is 3. The summed E-state index contributed by atoms with van der Waals surface area (Å²) in [5.41, 5.74) is 2.93. The van der Waals surface area contributed by atoms with Crippen molar-refractivity contribution in [3.8, 4) is 11.3 Å². The summed E-state index contributed by atoms with van der Waals surface area (Å²) in [7, 11) is 1.54. The number of pyridine rings is 1. The standard InChI is InChI=1S/C26H27F3N2O3/c1-15(2)34-14-16-4-5-17-10-11-31-24(21(17)12-16)20(8-9-23(32)30-3)19-7-6-18(26(27,28)29)13-22(19)25(31)33/h4-7,12-13,15H,8-11,14H2,1-3H3,(H,30,32). The fourth-order valence-electron chi connectivity index (χ4n) is 4.48. The first-order valence-corrected chi connectivity index (χ1v) is 11.3. The van der Waals surface area contributed by atoms with Gasteiger partial charge in [0.2, 0.25) is 5.91 Å². The summed E-state index contributed by atoms with van der Waals surface area (Å²) in [6.07, 6.45) is -3.46. The van der Waals surface area contributed by atoms with Crippen LogP contribution in [-0.2, 0) is 41.7 Å². The van der Waals surface area contributed by atoms with Crippen molar-refractivity contribution in [1.29, 1.82) is 0 Å². The Kier molecular flexibility index (Phi) is 6.53. The zero-order valence-electron chi connectivity index (χ0n) is 19.4. The molecule has 1 amide bonds. The number of aryl methyl sites for hydroxylation is 2. The van der Waals surface area contributed by atoms with E-state index in [2.05, 4.69) is 5.32 Å². The second-order valence-corrected chi connectivity index (χ2v) is 8.82. The Labute approximate surface area is 195 Å². The lowest BCUT2D eigenvalue weighted by Crippen LogP contribution is -2.29. The minimum atomic E-state index is -4.55. The van der Waals surface area contributed by atoms with Gasteiger partial charge in [0, 0.05) is 31.0 Å². The van der Waals surface area contributed by atoms with Crippen molar-refractivity contribution in [3.63, 3.8) is 0 Å². The van der Waals surface area contributed by atoms with Gasteiger partial charge in [-0.05, 0) is 67.0 Å². The van der Waals surface area contributed by atoms with E-state index in [1.807, 2.05) is 32.0 Å². The van der Waals surface area contributed by atoms with Gasteiger partial charge in [-0.1, -0.05) is 18.2 Å². The van der Waals surface area contributed by atoms with E-state index < -0.39 is 17.3 Å². The molecule has 0 unspecified atom stereocenters. The third-order valence-corrected chi connectivity index (χ3v) is 6.20. The lowest BCUT2D eigenvalue weighted by atomic mass is 9.88. The summed E-state index contributed by atoms with van der Waals surface area (Å²) in [4.78, 5) is 25.4. The second-order valence-electron chi connectivity index (χ2n) is 8.82. The van der Waals surface area contributed by atoms with Crippen LogP contribution in [0.2, 0.25) is 0 Å². The maximum atomic E-state index is 13.4. The molecule has 0 spiro atoms. The first-order valence-electron chi connectivity index (χ1n) is 11.3. The molecule has 1 aliphatic heterocycles. The number of ether oxygens (including phenoxy) is 1. The quantitative estimate of drug-likeness (QED) is 0.558. The van der Waals surface area contributed by atoms with Crippen LogP contribution in [0.15, 0.2) is 41.2 Å². The first kappa shape index (κ1) is 24.0. The fraction of sp³-hybridized carbons (Fsp3) is 0.385. The van der Waals surface area contributed by atoms with Crippen LogP contribution in [0.5, 0.6) is 0 Å². The van der Waals surface area contributed by atoms with Gasteiger partial charge in [-0.25, -0.2) is 0 Å². The molecular weight excluding hydrogens is 445 g/mol. The van der Waals surface area contributed by atoms with Crippen LogP contribution in [0.4, 0.5) is 13.2 Å². The number of nitrogens with one attached hydrogen (secondary N) is 1. The van der Waals surface area contributed by atoms with Crippen LogP contribution in [0.25, 0.3) is 22.0 Å². The van der Waals surface area contributed by atoms with Crippen molar-refractivity contribution in [2.75, 3.05) is 7.05 Å². The zero-order valence-corrected chi connectivity index (χ0v) is 19.4. The van der Waals surface area contributed by atoms with Crippen LogP contribution in [0.3, 0.4) is 0 Å². The summed E-state index contributed by atoms with van der Waals surface area (Å²) in [5.74, 6) is -0.180. The van der Waals surface area contributed by atoms with Gasteiger partial charge in [-0.15, -0.1) is 0 Å². The van der Waals surface area contributed by atoms with E-state index in [1.165, 1.54) is 13.1 Å². The molecule has 0 aliphatic carbocycles. The molecule has 0 atom stereocenters. The molecule has 3 aromatic rings. The highest BCUT2D eigenvalue weighted by atomic mass is 19.4. The fourth-order valence-corrected chi connectivity index (χ4v) is 4.48. The van der Waals surface area contributed by atoms with Crippen LogP contribution in [-0.4, -0.2) is 23.6 Å². The summed E-state index contributed by atoms with van der Waals surface area (Å²) >= 11 is 0. The molecular formula is C26H27F3N2O3. The molecule has 1 N–H and O–H groups in total. The minimum absolute atomic E-state index is 0.0215. The molecule has 0 bridgehead atoms. The third kappa shape index (κ3) is 4.59. The number of hydrogen-bond acceptors (Lipinski definition) is 3. The molecule has 5 nitrogen and oxygen atoms in total. The highest BCUT2D eigenvalue weighted by Crippen LogP contribution is 2.38. The average Bonchev–Trinajstić information content (AvgIpc) is 2.81. The largest absolute Gasteiger partial charge is 0.416 e. The third-order valence-electron chi connectivity index (χ3n) is 6.20. The average molecular weight is 473 g/mol. The van der Waals surface area contributed by atoms with E-state index in [-0.39, 0.29) is 23.8 Å². The number of carbonyl (C=O) groups excluding carboxylic acids is 1. The molecule has 1 aliphatic rings. The smallest absolute Gasteiger partial charge is 0.374 e. The number of aromatic nitrogens is 1. The second kappa shape index (κ2) is 9.25. The Balaban J connectivity index is 1.96. The van der Waals surface area contributed by atoms with Gasteiger partial charge in [0.15, 0.2) is 0 Å². The van der Waals surface area contributed by atoms with Gasteiger partial charge < -0.3 is 14.6 Å². The van der Waals surface area contributed by atoms with E-state index in [0.29, 0.717) is 42.6 Å². The maximum absolute atomic E-state index is 13.4. The molecule has 0 fully saturated rings. The van der Waals surface area contributed by atoms with Crippen molar-refractivity contribution in [1.82, 2.24) is 9.88 Å². The van der Waals surface area contributed by atoms with E-state index in [4.69, 9.17) is 4.74 Å². The van der Waals surface area contributed by atoms with Gasteiger partial charge in [0.05, 0.1) is 24.0 Å². The Bertz CT molecular complexity index is 1310. The Hall–Kier alpha value is -3.13. The van der Waals surface area contributed by atoms with E-state index in [9.17, 15) is 22.8 Å². The number of rotatable bonds is 6. The summed E-state index contributed by atoms with van der Waals surface area (Å²) in [6.45, 7) is 4.67. The van der Waals surface area contributed by atoms with Gasteiger partial charge >= 0.3 is 6.18 Å². The van der Waals surface area contributed by atoms with E-state index in [1.54, 1.807) is 4.57 Å². The molecule has 0 saturated heterocycles. The first-order chi connectivity index (χ1) is 16.1.